The van der Waals surface area contributed by atoms with E-state index in [9.17, 15) is 4.79 Å². The van der Waals surface area contributed by atoms with Crippen molar-refractivity contribution in [1.29, 1.82) is 0 Å². The highest BCUT2D eigenvalue weighted by Crippen LogP contribution is 2.27. The fraction of sp³-hybridized carbons (Fsp3) is 0.417. The first-order valence-electron chi connectivity index (χ1n) is 10.7. The fourth-order valence-corrected chi connectivity index (χ4v) is 3.52. The number of nitrogens with zero attached hydrogens (tertiary/aromatic N) is 4. The Morgan fingerprint density at radius 3 is 2.69 bits per heavy atom. The van der Waals surface area contributed by atoms with Crippen molar-refractivity contribution in [1.82, 2.24) is 20.0 Å². The standard InChI is InChI=1S/C24H28N4O4/c1-15-6-7-18(11-25-15)22-20(16(2)32-27-22)14-30-21-10-17-8-9-28(13-19(17)12-26-21)23(29)31-24(3,4)5/h6-7,10-12H,8-9,13-14H2,1-5H3. The molecule has 0 fully saturated rings. The first-order chi connectivity index (χ1) is 15.2. The van der Waals surface area contributed by atoms with Crippen LogP contribution in [0.5, 0.6) is 5.88 Å². The maximum atomic E-state index is 12.4. The Kier molecular flexibility index (Phi) is 5.86. The van der Waals surface area contributed by atoms with Gasteiger partial charge in [-0.25, -0.2) is 9.78 Å². The average molecular weight is 437 g/mol. The van der Waals surface area contributed by atoms with E-state index in [4.69, 9.17) is 14.0 Å². The quantitative estimate of drug-likeness (QED) is 0.589. The lowest BCUT2D eigenvalue weighted by atomic mass is 10.0. The van der Waals surface area contributed by atoms with E-state index in [0.717, 1.165) is 40.1 Å². The molecule has 0 saturated carbocycles. The van der Waals surface area contributed by atoms with Crippen molar-refractivity contribution in [3.8, 4) is 17.1 Å². The Bertz CT molecular complexity index is 1120. The van der Waals surface area contributed by atoms with Crippen molar-refractivity contribution in [3.05, 3.63) is 58.7 Å². The number of rotatable bonds is 4. The third-order valence-corrected chi connectivity index (χ3v) is 5.26. The molecule has 0 radical (unpaired) electrons. The van der Waals surface area contributed by atoms with E-state index < -0.39 is 5.60 Å². The van der Waals surface area contributed by atoms with Crippen LogP contribution >= 0.6 is 0 Å². The molecular weight excluding hydrogens is 408 g/mol. The lowest BCUT2D eigenvalue weighted by molar-refractivity contribution is 0.0223. The van der Waals surface area contributed by atoms with Crippen molar-refractivity contribution >= 4 is 6.09 Å². The van der Waals surface area contributed by atoms with Crippen LogP contribution in [-0.2, 0) is 24.3 Å². The predicted octanol–water partition coefficient (Wildman–Crippen LogP) is 4.62. The average Bonchev–Trinajstić information content (AvgIpc) is 3.11. The number of aromatic nitrogens is 3. The van der Waals surface area contributed by atoms with Gasteiger partial charge < -0.3 is 18.9 Å². The zero-order chi connectivity index (χ0) is 22.9. The summed E-state index contributed by atoms with van der Waals surface area (Å²) in [4.78, 5) is 22.8. The monoisotopic (exact) mass is 436 g/mol. The predicted molar refractivity (Wildman–Crippen MR) is 118 cm³/mol. The molecule has 4 rings (SSSR count). The second-order valence-electron chi connectivity index (χ2n) is 8.99. The van der Waals surface area contributed by atoms with Crippen LogP contribution in [0.2, 0.25) is 0 Å². The van der Waals surface area contributed by atoms with Crippen LogP contribution in [0.1, 0.15) is 48.9 Å². The summed E-state index contributed by atoms with van der Waals surface area (Å²) in [6.45, 7) is 10.8. The molecule has 0 atom stereocenters. The van der Waals surface area contributed by atoms with Gasteiger partial charge >= 0.3 is 6.09 Å². The highest BCUT2D eigenvalue weighted by molar-refractivity contribution is 5.68. The van der Waals surface area contributed by atoms with Gasteiger partial charge in [0.25, 0.3) is 0 Å². The molecule has 3 aromatic heterocycles. The SMILES string of the molecule is Cc1ccc(-c2noc(C)c2COc2cc3c(cn2)CN(C(=O)OC(C)(C)C)CC3)cn1. The minimum absolute atomic E-state index is 0.286. The molecule has 4 heterocycles. The normalized spacial score (nSPS) is 13.6. The van der Waals surface area contributed by atoms with Crippen molar-refractivity contribution in [2.24, 2.45) is 0 Å². The van der Waals surface area contributed by atoms with Crippen LogP contribution in [-0.4, -0.2) is 38.3 Å². The lowest BCUT2D eigenvalue weighted by Crippen LogP contribution is -2.39. The van der Waals surface area contributed by atoms with E-state index in [2.05, 4.69) is 15.1 Å². The van der Waals surface area contributed by atoms with E-state index >= 15 is 0 Å². The fourth-order valence-electron chi connectivity index (χ4n) is 3.52. The summed E-state index contributed by atoms with van der Waals surface area (Å²) in [5.41, 5.74) is 5.02. The van der Waals surface area contributed by atoms with Gasteiger partial charge in [0.1, 0.15) is 23.7 Å². The summed E-state index contributed by atoms with van der Waals surface area (Å²) in [5, 5.41) is 4.18. The summed E-state index contributed by atoms with van der Waals surface area (Å²) in [5.74, 6) is 1.23. The van der Waals surface area contributed by atoms with Gasteiger partial charge in [0, 0.05) is 36.3 Å². The molecule has 32 heavy (non-hydrogen) atoms. The van der Waals surface area contributed by atoms with Crippen LogP contribution in [0.25, 0.3) is 11.3 Å². The molecule has 0 bridgehead atoms. The van der Waals surface area contributed by atoms with Crippen molar-refractivity contribution in [2.45, 2.75) is 59.8 Å². The van der Waals surface area contributed by atoms with Gasteiger partial charge in [-0.1, -0.05) is 5.16 Å². The lowest BCUT2D eigenvalue weighted by Gasteiger charge is -2.31. The molecule has 3 aromatic rings. The van der Waals surface area contributed by atoms with Gasteiger partial charge in [-0.05, 0) is 64.3 Å². The van der Waals surface area contributed by atoms with E-state index in [-0.39, 0.29) is 12.7 Å². The molecule has 1 amide bonds. The molecule has 168 valence electrons. The van der Waals surface area contributed by atoms with Crippen LogP contribution in [0.4, 0.5) is 4.79 Å². The molecule has 0 aliphatic carbocycles. The Balaban J connectivity index is 1.44. The van der Waals surface area contributed by atoms with Gasteiger partial charge in [0.15, 0.2) is 0 Å². The maximum Gasteiger partial charge on any atom is 0.410 e. The first-order valence-corrected chi connectivity index (χ1v) is 10.7. The van der Waals surface area contributed by atoms with E-state index in [0.29, 0.717) is 24.7 Å². The van der Waals surface area contributed by atoms with Crippen molar-refractivity contribution in [3.63, 3.8) is 0 Å². The number of aryl methyl sites for hydroxylation is 2. The number of pyridine rings is 2. The third kappa shape index (κ3) is 4.90. The van der Waals surface area contributed by atoms with Gasteiger partial charge in [-0.3, -0.25) is 4.98 Å². The number of ether oxygens (including phenoxy) is 2. The second-order valence-corrected chi connectivity index (χ2v) is 8.99. The summed E-state index contributed by atoms with van der Waals surface area (Å²) in [6.07, 6.45) is 3.97. The highest BCUT2D eigenvalue weighted by atomic mass is 16.6. The zero-order valence-electron chi connectivity index (χ0n) is 19.1. The zero-order valence-corrected chi connectivity index (χ0v) is 19.1. The highest BCUT2D eigenvalue weighted by Gasteiger charge is 2.26. The molecule has 1 aliphatic heterocycles. The largest absolute Gasteiger partial charge is 0.473 e. The number of amides is 1. The molecule has 0 unspecified atom stereocenters. The Labute approximate surface area is 187 Å². The molecule has 1 aliphatic rings. The van der Waals surface area contributed by atoms with Gasteiger partial charge in [0.2, 0.25) is 5.88 Å². The number of hydrogen-bond acceptors (Lipinski definition) is 7. The number of fused-ring (bicyclic) bond motifs is 1. The molecular formula is C24H28N4O4. The summed E-state index contributed by atoms with van der Waals surface area (Å²) in [6, 6.07) is 5.85. The second kappa shape index (κ2) is 8.61. The van der Waals surface area contributed by atoms with Crippen LogP contribution in [0, 0.1) is 13.8 Å². The van der Waals surface area contributed by atoms with Gasteiger partial charge in [-0.2, -0.15) is 0 Å². The van der Waals surface area contributed by atoms with Gasteiger partial charge in [0.05, 0.1) is 12.1 Å². The Morgan fingerprint density at radius 2 is 1.97 bits per heavy atom. The minimum atomic E-state index is -0.513. The summed E-state index contributed by atoms with van der Waals surface area (Å²) < 4.78 is 16.9. The minimum Gasteiger partial charge on any atom is -0.473 e. The third-order valence-electron chi connectivity index (χ3n) is 5.26. The number of hydrogen-bond donors (Lipinski definition) is 0. The molecule has 8 nitrogen and oxygen atoms in total. The van der Waals surface area contributed by atoms with E-state index in [1.807, 2.05) is 52.8 Å². The Morgan fingerprint density at radius 1 is 1.16 bits per heavy atom. The molecule has 0 N–H and O–H groups in total. The molecule has 0 saturated heterocycles. The van der Waals surface area contributed by atoms with Crippen LogP contribution in [0.15, 0.2) is 35.1 Å². The van der Waals surface area contributed by atoms with Crippen molar-refractivity contribution in [2.75, 3.05) is 6.54 Å². The van der Waals surface area contributed by atoms with Crippen LogP contribution in [0.3, 0.4) is 0 Å². The number of carbonyl (C=O) groups is 1. The molecule has 0 aromatic carbocycles. The topological polar surface area (TPSA) is 90.6 Å². The molecule has 8 heteroatoms. The number of carbonyl (C=O) groups excluding carboxylic acids is 1. The summed E-state index contributed by atoms with van der Waals surface area (Å²) >= 11 is 0. The summed E-state index contributed by atoms with van der Waals surface area (Å²) in [7, 11) is 0. The molecule has 0 spiro atoms. The maximum absolute atomic E-state index is 12.4. The van der Waals surface area contributed by atoms with E-state index in [1.165, 1.54) is 0 Å². The van der Waals surface area contributed by atoms with Crippen molar-refractivity contribution < 1.29 is 18.8 Å². The van der Waals surface area contributed by atoms with Crippen LogP contribution < -0.4 is 4.74 Å². The van der Waals surface area contributed by atoms with Gasteiger partial charge in [-0.15, -0.1) is 0 Å². The van der Waals surface area contributed by atoms with E-state index in [1.54, 1.807) is 17.3 Å². The smallest absolute Gasteiger partial charge is 0.410 e. The first kappa shape index (κ1) is 21.8. The Hall–Kier alpha value is -3.42.